The van der Waals surface area contributed by atoms with E-state index in [2.05, 4.69) is 6.92 Å². The van der Waals surface area contributed by atoms with E-state index in [1.165, 1.54) is 43.8 Å². The lowest BCUT2D eigenvalue weighted by molar-refractivity contribution is 0.0776. The van der Waals surface area contributed by atoms with Gasteiger partial charge in [-0.1, -0.05) is 43.9 Å². The van der Waals surface area contributed by atoms with Crippen molar-refractivity contribution in [1.82, 2.24) is 8.54 Å². The Morgan fingerprint density at radius 3 is 2.32 bits per heavy atom. The molecular formula is C21H28N2O4S. The summed E-state index contributed by atoms with van der Waals surface area (Å²) in [4.78, 5) is 25.5. The van der Waals surface area contributed by atoms with E-state index >= 15 is 0 Å². The quantitative estimate of drug-likeness (QED) is 0.733. The predicted octanol–water partition coefficient (Wildman–Crippen LogP) is 3.83. The fourth-order valence-electron chi connectivity index (χ4n) is 3.92. The van der Waals surface area contributed by atoms with Crippen LogP contribution in [0.5, 0.6) is 0 Å². The number of aromatic nitrogens is 2. The number of unbranched alkanes of at least 4 members (excludes halogenated alkanes) is 1. The normalized spacial score (nSPS) is 20.2. The fourth-order valence-corrected chi connectivity index (χ4v) is 5.14. The first kappa shape index (κ1) is 20.6. The summed E-state index contributed by atoms with van der Waals surface area (Å²) in [7, 11) is -4.02. The molecule has 0 radical (unpaired) electrons. The van der Waals surface area contributed by atoms with Gasteiger partial charge in [-0.15, -0.1) is 0 Å². The second kappa shape index (κ2) is 8.47. The van der Waals surface area contributed by atoms with E-state index in [9.17, 15) is 18.0 Å². The van der Waals surface area contributed by atoms with Crippen LogP contribution in [0, 0.1) is 18.8 Å². The van der Waals surface area contributed by atoms with Gasteiger partial charge in [0.05, 0.1) is 4.90 Å². The van der Waals surface area contributed by atoms with E-state index in [-0.39, 0.29) is 16.7 Å². The van der Waals surface area contributed by atoms with E-state index in [1.807, 2.05) is 6.92 Å². The van der Waals surface area contributed by atoms with Gasteiger partial charge in [-0.3, -0.25) is 4.79 Å². The maximum atomic E-state index is 12.8. The second-order valence-electron chi connectivity index (χ2n) is 7.76. The molecule has 6 nitrogen and oxygen atoms in total. The average Bonchev–Trinajstić information content (AvgIpc) is 3.08. The Balaban J connectivity index is 1.77. The van der Waals surface area contributed by atoms with Gasteiger partial charge in [-0.25, -0.2) is 17.8 Å². The van der Waals surface area contributed by atoms with Crippen molar-refractivity contribution < 1.29 is 13.2 Å². The van der Waals surface area contributed by atoms with Crippen LogP contribution in [-0.2, 0) is 10.0 Å². The Hall–Kier alpha value is -2.15. The van der Waals surface area contributed by atoms with Gasteiger partial charge in [-0.2, -0.15) is 3.97 Å². The third-order valence-corrected chi connectivity index (χ3v) is 7.39. The highest BCUT2D eigenvalue weighted by Gasteiger charge is 2.29. The number of carbonyl (C=O) groups excluding carboxylic acids is 1. The minimum atomic E-state index is -4.02. The monoisotopic (exact) mass is 404 g/mol. The average molecular weight is 405 g/mol. The summed E-state index contributed by atoms with van der Waals surface area (Å²) in [5, 5.41) is 0. The van der Waals surface area contributed by atoms with E-state index < -0.39 is 15.7 Å². The summed E-state index contributed by atoms with van der Waals surface area (Å²) in [6.07, 6.45) is 9.54. The molecule has 1 fully saturated rings. The SMILES string of the molecule is CCCCC1CCC(C(=O)n2ccn(S(=O)(=O)c3ccc(C)cc3)c2=O)CC1. The zero-order chi connectivity index (χ0) is 20.3. The zero-order valence-electron chi connectivity index (χ0n) is 16.5. The van der Waals surface area contributed by atoms with Crippen molar-refractivity contribution in [1.29, 1.82) is 0 Å². The summed E-state index contributed by atoms with van der Waals surface area (Å²) in [6.45, 7) is 4.03. The molecule has 0 spiro atoms. The van der Waals surface area contributed by atoms with Crippen LogP contribution in [0.2, 0.25) is 0 Å². The third-order valence-electron chi connectivity index (χ3n) is 5.72. The Kier molecular flexibility index (Phi) is 6.23. The molecule has 0 saturated heterocycles. The first-order valence-electron chi connectivity index (χ1n) is 10.0. The lowest BCUT2D eigenvalue weighted by atomic mass is 9.79. The Morgan fingerprint density at radius 1 is 1.07 bits per heavy atom. The lowest BCUT2D eigenvalue weighted by Crippen LogP contribution is -2.36. The van der Waals surface area contributed by atoms with Crippen molar-refractivity contribution in [2.75, 3.05) is 0 Å². The fraction of sp³-hybridized carbons (Fsp3) is 0.524. The topological polar surface area (TPSA) is 78.1 Å². The molecule has 0 atom stereocenters. The van der Waals surface area contributed by atoms with Crippen molar-refractivity contribution in [3.05, 3.63) is 52.7 Å². The molecule has 0 N–H and O–H groups in total. The van der Waals surface area contributed by atoms with Crippen LogP contribution >= 0.6 is 0 Å². The summed E-state index contributed by atoms with van der Waals surface area (Å²) >= 11 is 0. The number of nitrogens with zero attached hydrogens (tertiary/aromatic N) is 2. The molecule has 1 aliphatic carbocycles. The molecule has 0 amide bonds. The minimum absolute atomic E-state index is 0.0295. The molecule has 1 aromatic carbocycles. The summed E-state index contributed by atoms with van der Waals surface area (Å²) in [5.41, 5.74) is 0.104. The van der Waals surface area contributed by atoms with E-state index in [4.69, 9.17) is 0 Å². The molecule has 1 aromatic heterocycles. The number of hydrogen-bond donors (Lipinski definition) is 0. The first-order chi connectivity index (χ1) is 13.3. The van der Waals surface area contributed by atoms with Crippen molar-refractivity contribution >= 4 is 15.9 Å². The van der Waals surface area contributed by atoms with Gasteiger partial charge >= 0.3 is 5.69 Å². The Bertz CT molecular complexity index is 978. The third kappa shape index (κ3) is 4.14. The molecule has 1 aliphatic rings. The number of hydrogen-bond acceptors (Lipinski definition) is 4. The van der Waals surface area contributed by atoms with Crippen LogP contribution in [0.1, 0.15) is 62.2 Å². The molecule has 7 heteroatoms. The van der Waals surface area contributed by atoms with Crippen molar-refractivity contribution in [3.8, 4) is 0 Å². The van der Waals surface area contributed by atoms with Gasteiger partial charge in [0, 0.05) is 18.3 Å². The predicted molar refractivity (Wildman–Crippen MR) is 108 cm³/mol. The van der Waals surface area contributed by atoms with E-state index in [0.29, 0.717) is 9.89 Å². The Morgan fingerprint density at radius 2 is 1.71 bits per heavy atom. The summed E-state index contributed by atoms with van der Waals surface area (Å²) in [5.74, 6) is 0.150. The van der Waals surface area contributed by atoms with Crippen LogP contribution in [0.15, 0.2) is 46.3 Å². The minimum Gasteiger partial charge on any atom is -0.274 e. The largest absolute Gasteiger partial charge is 0.349 e. The maximum Gasteiger partial charge on any atom is 0.349 e. The van der Waals surface area contributed by atoms with Gasteiger partial charge in [0.1, 0.15) is 0 Å². The van der Waals surface area contributed by atoms with Crippen molar-refractivity contribution in [2.45, 2.75) is 63.7 Å². The van der Waals surface area contributed by atoms with E-state index in [1.54, 1.807) is 12.1 Å². The van der Waals surface area contributed by atoms with Gasteiger partial charge in [0.15, 0.2) is 0 Å². The summed E-state index contributed by atoms with van der Waals surface area (Å²) < 4.78 is 27.1. The highest BCUT2D eigenvalue weighted by atomic mass is 32.2. The highest BCUT2D eigenvalue weighted by Crippen LogP contribution is 2.32. The van der Waals surface area contributed by atoms with Crippen molar-refractivity contribution in [2.24, 2.45) is 11.8 Å². The smallest absolute Gasteiger partial charge is 0.274 e. The molecule has 3 rings (SSSR count). The van der Waals surface area contributed by atoms with Crippen molar-refractivity contribution in [3.63, 3.8) is 0 Å². The van der Waals surface area contributed by atoms with Gasteiger partial charge < -0.3 is 0 Å². The number of carbonyl (C=O) groups is 1. The lowest BCUT2D eigenvalue weighted by Gasteiger charge is -2.27. The number of rotatable bonds is 6. The highest BCUT2D eigenvalue weighted by molar-refractivity contribution is 7.90. The molecule has 0 aliphatic heterocycles. The van der Waals surface area contributed by atoms with Crippen LogP contribution in [0.3, 0.4) is 0 Å². The molecule has 0 bridgehead atoms. The molecular weight excluding hydrogens is 376 g/mol. The number of benzene rings is 1. The van der Waals surface area contributed by atoms with Crippen LogP contribution in [-0.4, -0.2) is 22.9 Å². The Labute approximate surface area is 166 Å². The van der Waals surface area contributed by atoms with Crippen LogP contribution < -0.4 is 5.69 Å². The summed E-state index contributed by atoms with van der Waals surface area (Å²) in [6, 6.07) is 6.29. The molecule has 1 saturated carbocycles. The van der Waals surface area contributed by atoms with Gasteiger partial charge in [0.25, 0.3) is 10.0 Å². The molecule has 28 heavy (non-hydrogen) atoms. The molecule has 1 heterocycles. The second-order valence-corrected chi connectivity index (χ2v) is 9.58. The maximum absolute atomic E-state index is 12.8. The van der Waals surface area contributed by atoms with Gasteiger partial charge in [0.2, 0.25) is 5.91 Å². The number of imidazole rings is 1. The molecule has 152 valence electrons. The number of aryl methyl sites for hydroxylation is 1. The van der Waals surface area contributed by atoms with Crippen LogP contribution in [0.4, 0.5) is 0 Å². The molecule has 2 aromatic rings. The van der Waals surface area contributed by atoms with Gasteiger partial charge in [-0.05, 0) is 50.7 Å². The zero-order valence-corrected chi connectivity index (χ0v) is 17.3. The first-order valence-corrected chi connectivity index (χ1v) is 11.4. The molecule has 0 unspecified atom stereocenters. The van der Waals surface area contributed by atoms with Crippen LogP contribution in [0.25, 0.3) is 0 Å². The van der Waals surface area contributed by atoms with E-state index in [0.717, 1.165) is 35.8 Å². The standard InChI is InChI=1S/C21H28N2O4S/c1-3-4-5-17-8-10-18(11-9-17)20(24)22-14-15-23(21(22)25)28(26,27)19-12-6-16(2)7-13-19/h6-7,12-15,17-18H,3-5,8-11H2,1-2H3.